The summed E-state index contributed by atoms with van der Waals surface area (Å²) in [6.07, 6.45) is 3.33. The van der Waals surface area contributed by atoms with E-state index in [0.717, 1.165) is 37.8 Å². The minimum Gasteiger partial charge on any atom is -0.278 e. The van der Waals surface area contributed by atoms with E-state index in [9.17, 15) is 22.4 Å². The van der Waals surface area contributed by atoms with Crippen molar-refractivity contribution in [3.05, 3.63) is 58.4 Å². The predicted molar refractivity (Wildman–Crippen MR) is 114 cm³/mol. The highest BCUT2D eigenvalue weighted by molar-refractivity contribution is 7.92. The number of hydrogen-bond donors (Lipinski definition) is 1. The molecule has 1 heterocycles. The zero-order valence-electron chi connectivity index (χ0n) is 16.9. The van der Waals surface area contributed by atoms with Gasteiger partial charge in [-0.05, 0) is 55.2 Å². The summed E-state index contributed by atoms with van der Waals surface area (Å²) >= 11 is 5.95. The Bertz CT molecular complexity index is 1140. The van der Waals surface area contributed by atoms with Crippen molar-refractivity contribution in [1.82, 2.24) is 4.90 Å². The molecule has 0 radical (unpaired) electrons. The van der Waals surface area contributed by atoms with Crippen molar-refractivity contribution in [1.29, 1.82) is 0 Å². The number of amides is 2. The molecule has 6 nitrogen and oxygen atoms in total. The number of fused-ring (bicyclic) bond motifs is 1. The van der Waals surface area contributed by atoms with E-state index in [1.807, 2.05) is 0 Å². The van der Waals surface area contributed by atoms with Gasteiger partial charge in [0.15, 0.2) is 0 Å². The number of carbonyl (C=O) groups excluding carboxylic acids is 2. The van der Waals surface area contributed by atoms with Gasteiger partial charge in [0, 0.05) is 0 Å². The van der Waals surface area contributed by atoms with Crippen LogP contribution in [0.25, 0.3) is 0 Å². The first-order valence-corrected chi connectivity index (χ1v) is 12.0. The number of halogens is 2. The van der Waals surface area contributed by atoms with Crippen LogP contribution in [0.3, 0.4) is 0 Å². The number of imide groups is 1. The molecule has 2 atom stereocenters. The molecule has 9 heteroatoms. The Labute approximate surface area is 185 Å². The summed E-state index contributed by atoms with van der Waals surface area (Å²) < 4.78 is 41.6. The molecule has 2 amide bonds. The van der Waals surface area contributed by atoms with Crippen molar-refractivity contribution in [2.75, 3.05) is 4.72 Å². The average molecular weight is 465 g/mol. The zero-order chi connectivity index (χ0) is 22.3. The van der Waals surface area contributed by atoms with Gasteiger partial charge in [0.25, 0.3) is 10.0 Å². The van der Waals surface area contributed by atoms with Gasteiger partial charge >= 0.3 is 0 Å². The smallest absolute Gasteiger partial charge is 0.262 e. The van der Waals surface area contributed by atoms with E-state index in [1.165, 1.54) is 17.0 Å². The van der Waals surface area contributed by atoms with Crippen LogP contribution in [0.15, 0.2) is 41.3 Å². The summed E-state index contributed by atoms with van der Waals surface area (Å²) in [5.41, 5.74) is 1.08. The van der Waals surface area contributed by atoms with Crippen molar-refractivity contribution in [2.24, 2.45) is 11.8 Å². The molecule has 1 aliphatic heterocycles. The standard InChI is InChI=1S/C22H22ClFN2O4S/c1-13-6-7-14(12-26-21(27)16-4-2-3-5-17(16)22(26)28)10-20(13)31(29,30)25-19-9-8-15(24)11-18(19)23/h6-11,16-17,25H,2-5,12H2,1H3/t16-,17-/m0/s1. The molecule has 2 aromatic rings. The Kier molecular flexibility index (Phi) is 5.79. The minimum atomic E-state index is -4.03. The summed E-state index contributed by atoms with van der Waals surface area (Å²) in [7, 11) is -4.03. The first-order chi connectivity index (χ1) is 14.7. The van der Waals surface area contributed by atoms with Gasteiger partial charge in [0.2, 0.25) is 11.8 Å². The van der Waals surface area contributed by atoms with Crippen LogP contribution in [-0.2, 0) is 26.2 Å². The van der Waals surface area contributed by atoms with Crippen LogP contribution >= 0.6 is 11.6 Å². The SMILES string of the molecule is Cc1ccc(CN2C(=O)[C@H]3CCCC[C@@H]3C2=O)cc1S(=O)(=O)Nc1ccc(F)cc1Cl. The number of nitrogens with zero attached hydrogens (tertiary/aromatic N) is 1. The number of anilines is 1. The van der Waals surface area contributed by atoms with Gasteiger partial charge in [-0.2, -0.15) is 0 Å². The quantitative estimate of drug-likeness (QED) is 0.670. The second-order valence-electron chi connectivity index (χ2n) is 8.09. The van der Waals surface area contributed by atoms with Crippen LogP contribution in [0.5, 0.6) is 0 Å². The van der Waals surface area contributed by atoms with Crippen LogP contribution in [-0.4, -0.2) is 25.1 Å². The Morgan fingerprint density at radius 1 is 1.06 bits per heavy atom. The molecule has 2 aliphatic rings. The monoisotopic (exact) mass is 464 g/mol. The van der Waals surface area contributed by atoms with Crippen molar-refractivity contribution in [3.63, 3.8) is 0 Å². The molecule has 0 unspecified atom stereocenters. The number of benzene rings is 2. The number of likely N-dealkylation sites (tertiary alicyclic amines) is 1. The summed E-state index contributed by atoms with van der Waals surface area (Å²) in [6.45, 7) is 1.68. The average Bonchev–Trinajstić information content (AvgIpc) is 2.96. The first kappa shape index (κ1) is 21.8. The van der Waals surface area contributed by atoms with Crippen molar-refractivity contribution in [3.8, 4) is 0 Å². The highest BCUT2D eigenvalue weighted by Gasteiger charge is 2.47. The van der Waals surface area contributed by atoms with Gasteiger partial charge in [-0.25, -0.2) is 12.8 Å². The molecule has 0 bridgehead atoms. The summed E-state index contributed by atoms with van der Waals surface area (Å²) in [6, 6.07) is 8.18. The molecule has 0 aromatic heterocycles. The number of rotatable bonds is 5. The Morgan fingerprint density at radius 2 is 1.71 bits per heavy atom. The van der Waals surface area contributed by atoms with Crippen LogP contribution < -0.4 is 4.72 Å². The topological polar surface area (TPSA) is 83.6 Å². The molecule has 1 aliphatic carbocycles. The van der Waals surface area contributed by atoms with Crippen LogP contribution in [0.4, 0.5) is 10.1 Å². The molecule has 4 rings (SSSR count). The molecular weight excluding hydrogens is 443 g/mol. The molecule has 1 N–H and O–H groups in total. The third-order valence-electron chi connectivity index (χ3n) is 5.99. The van der Waals surface area contributed by atoms with Gasteiger partial charge in [-0.3, -0.25) is 19.2 Å². The number of nitrogens with one attached hydrogen (secondary N) is 1. The van der Waals surface area contributed by atoms with E-state index in [1.54, 1.807) is 19.1 Å². The predicted octanol–water partition coefficient (Wildman–Crippen LogP) is 4.26. The maximum atomic E-state index is 13.3. The van der Waals surface area contributed by atoms with Crippen LogP contribution in [0.1, 0.15) is 36.8 Å². The van der Waals surface area contributed by atoms with Crippen molar-refractivity contribution < 1.29 is 22.4 Å². The van der Waals surface area contributed by atoms with E-state index in [-0.39, 0.29) is 45.8 Å². The molecule has 31 heavy (non-hydrogen) atoms. The van der Waals surface area contributed by atoms with E-state index >= 15 is 0 Å². The van der Waals surface area contributed by atoms with E-state index < -0.39 is 15.8 Å². The fraction of sp³-hybridized carbons (Fsp3) is 0.364. The first-order valence-electron chi connectivity index (χ1n) is 10.1. The summed E-state index contributed by atoms with van der Waals surface area (Å²) in [4.78, 5) is 26.7. The number of carbonyl (C=O) groups is 2. The minimum absolute atomic E-state index is 0.00176. The van der Waals surface area contributed by atoms with Gasteiger partial charge in [-0.15, -0.1) is 0 Å². The third-order valence-corrected chi connectivity index (χ3v) is 7.81. The lowest BCUT2D eigenvalue weighted by atomic mass is 9.81. The Hall–Kier alpha value is -2.45. The molecular formula is C22H22ClFN2O4S. The van der Waals surface area contributed by atoms with Crippen LogP contribution in [0.2, 0.25) is 5.02 Å². The fourth-order valence-electron chi connectivity index (χ4n) is 4.37. The fourth-order valence-corrected chi connectivity index (χ4v) is 6.02. The summed E-state index contributed by atoms with van der Waals surface area (Å²) in [5, 5.41) is -0.0618. The molecule has 0 spiro atoms. The van der Waals surface area contributed by atoms with E-state index in [2.05, 4.69) is 4.72 Å². The Morgan fingerprint density at radius 3 is 2.32 bits per heavy atom. The highest BCUT2D eigenvalue weighted by Crippen LogP contribution is 2.38. The lowest BCUT2D eigenvalue weighted by molar-refractivity contribution is -0.140. The second kappa shape index (κ2) is 8.24. The van der Waals surface area contributed by atoms with E-state index in [0.29, 0.717) is 11.1 Å². The number of sulfonamides is 1. The lowest BCUT2D eigenvalue weighted by Gasteiger charge is -2.19. The highest BCUT2D eigenvalue weighted by atomic mass is 35.5. The maximum absolute atomic E-state index is 13.3. The van der Waals surface area contributed by atoms with Gasteiger partial charge in [0.1, 0.15) is 5.82 Å². The number of hydrogen-bond acceptors (Lipinski definition) is 4. The molecule has 164 valence electrons. The van der Waals surface area contributed by atoms with Crippen molar-refractivity contribution in [2.45, 2.75) is 44.0 Å². The second-order valence-corrected chi connectivity index (χ2v) is 10.1. The summed E-state index contributed by atoms with van der Waals surface area (Å²) in [5.74, 6) is -1.42. The molecule has 1 saturated heterocycles. The van der Waals surface area contributed by atoms with Crippen molar-refractivity contribution >= 4 is 39.1 Å². The zero-order valence-corrected chi connectivity index (χ0v) is 18.5. The molecule has 2 aromatic carbocycles. The molecule has 1 saturated carbocycles. The third kappa shape index (κ3) is 4.19. The van der Waals surface area contributed by atoms with Gasteiger partial charge in [-0.1, -0.05) is 36.6 Å². The lowest BCUT2D eigenvalue weighted by Crippen LogP contribution is -2.30. The van der Waals surface area contributed by atoms with Gasteiger partial charge in [0.05, 0.1) is 34.0 Å². The Balaban J connectivity index is 1.60. The largest absolute Gasteiger partial charge is 0.278 e. The van der Waals surface area contributed by atoms with E-state index in [4.69, 9.17) is 11.6 Å². The normalized spacial score (nSPS) is 21.3. The maximum Gasteiger partial charge on any atom is 0.262 e. The molecule has 2 fully saturated rings. The van der Waals surface area contributed by atoms with Gasteiger partial charge < -0.3 is 0 Å². The van der Waals surface area contributed by atoms with Crippen LogP contribution in [0, 0.1) is 24.6 Å². The number of aryl methyl sites for hydroxylation is 1.